The number of nitrogens with two attached hydrogens (primary N) is 1. The van der Waals surface area contributed by atoms with E-state index in [0.29, 0.717) is 0 Å². The van der Waals surface area contributed by atoms with Crippen LogP contribution in [-0.4, -0.2) is 28.3 Å². The van der Waals surface area contributed by atoms with Crippen LogP contribution in [0.4, 0.5) is 0 Å². The van der Waals surface area contributed by atoms with Crippen LogP contribution in [0.1, 0.15) is 6.92 Å². The van der Waals surface area contributed by atoms with Crippen LogP contribution in [0.15, 0.2) is 0 Å². The minimum absolute atomic E-state index is 1.08. The van der Waals surface area contributed by atoms with Gasteiger partial charge in [0.05, 0.1) is 0 Å². The average Bonchev–Trinajstić information content (AvgIpc) is 1.84. The van der Waals surface area contributed by atoms with Crippen LogP contribution < -0.4 is 5.73 Å². The predicted molar refractivity (Wildman–Crippen MR) is 33.2 cm³/mol. The molecule has 0 saturated carbocycles. The van der Waals surface area contributed by atoms with Crippen molar-refractivity contribution in [2.24, 2.45) is 5.73 Å². The van der Waals surface area contributed by atoms with E-state index in [9.17, 15) is 14.9 Å². The van der Waals surface area contributed by atoms with Crippen LogP contribution in [0.2, 0.25) is 0 Å². The first-order valence-electron chi connectivity index (χ1n) is 2.74. The highest BCUT2D eigenvalue weighted by Crippen LogP contribution is 1.95. The molecule has 0 fully saturated rings. The van der Waals surface area contributed by atoms with E-state index in [1.54, 1.807) is 0 Å². The summed E-state index contributed by atoms with van der Waals surface area (Å²) in [5, 5.41) is 16.8. The summed E-state index contributed by atoms with van der Waals surface area (Å²) < 4.78 is 0. The summed E-state index contributed by atoms with van der Waals surface area (Å²) in [6.07, 6.45) is -1.14. The Morgan fingerprint density at radius 1 is 1.82 bits per heavy atom. The fourth-order valence-corrected chi connectivity index (χ4v) is 0.402. The molecule has 0 aliphatic carbocycles. The van der Waals surface area contributed by atoms with Crippen molar-refractivity contribution < 1.29 is 19.8 Å². The molecule has 3 N–H and O–H groups in total. The van der Waals surface area contributed by atoms with Gasteiger partial charge in [-0.3, -0.25) is 4.79 Å². The summed E-state index contributed by atoms with van der Waals surface area (Å²) >= 11 is 0. The Hall–Kier alpha value is -1.37. The van der Waals surface area contributed by atoms with Crippen molar-refractivity contribution in [3.63, 3.8) is 0 Å². The third-order valence-electron chi connectivity index (χ3n) is 1.04. The zero-order valence-electron chi connectivity index (χ0n) is 5.76. The van der Waals surface area contributed by atoms with E-state index in [2.05, 4.69) is 4.84 Å². The molecule has 7 heteroatoms. The molecule has 0 aliphatic heterocycles. The number of carboxylic acid groups (broad SMARTS) is 1. The van der Waals surface area contributed by atoms with Crippen LogP contribution in [0, 0.1) is 10.1 Å². The van der Waals surface area contributed by atoms with E-state index in [-0.39, 0.29) is 0 Å². The lowest BCUT2D eigenvalue weighted by atomic mass is 10.2. The van der Waals surface area contributed by atoms with E-state index < -0.39 is 23.2 Å². The Balaban J connectivity index is 3.92. The van der Waals surface area contributed by atoms with Crippen LogP contribution in [-0.2, 0) is 9.63 Å². The van der Waals surface area contributed by atoms with Gasteiger partial charge in [-0.2, -0.15) is 0 Å². The largest absolute Gasteiger partial charge is 0.480 e. The molecule has 0 bridgehead atoms. The van der Waals surface area contributed by atoms with Gasteiger partial charge in [0.25, 0.3) is 5.09 Å². The van der Waals surface area contributed by atoms with Gasteiger partial charge >= 0.3 is 5.97 Å². The van der Waals surface area contributed by atoms with Gasteiger partial charge in [-0.15, -0.1) is 10.1 Å². The van der Waals surface area contributed by atoms with Crippen LogP contribution in [0.5, 0.6) is 0 Å². The average molecular weight is 164 g/mol. The number of nitrogens with zero attached hydrogens (tertiary/aromatic N) is 1. The minimum atomic E-state index is -1.37. The summed E-state index contributed by atoms with van der Waals surface area (Å²) in [4.78, 5) is 23.7. The summed E-state index contributed by atoms with van der Waals surface area (Å²) in [5.41, 5.74) is 4.98. The maximum Gasteiger partial charge on any atom is 0.322 e. The molecule has 0 amide bonds. The number of carbonyl (C=O) groups is 1. The van der Waals surface area contributed by atoms with Crippen LogP contribution in [0.3, 0.4) is 0 Å². The molecular formula is C4H8N2O5. The maximum absolute atomic E-state index is 10.1. The zero-order chi connectivity index (χ0) is 9.02. The maximum atomic E-state index is 10.1. The Morgan fingerprint density at radius 3 is 2.55 bits per heavy atom. The van der Waals surface area contributed by atoms with Crippen molar-refractivity contribution in [1.29, 1.82) is 0 Å². The van der Waals surface area contributed by atoms with Crippen molar-refractivity contribution in [1.82, 2.24) is 0 Å². The molecular weight excluding hydrogens is 156 g/mol. The molecule has 2 atom stereocenters. The standard InChI is InChI=1S/C4H8N2O5/c1-2(11-6(9)10)3(5)4(7)8/h2-3H,5H2,1H3,(H,7,8)/t2-,3+/m0/s1. The lowest BCUT2D eigenvalue weighted by molar-refractivity contribution is -0.767. The molecule has 0 unspecified atom stereocenters. The van der Waals surface area contributed by atoms with Crippen molar-refractivity contribution >= 4 is 5.97 Å². The SMILES string of the molecule is C[C@H](O[N+](=O)[O-])[C@@H](N)C(=O)O. The number of carboxylic acids is 1. The summed E-state index contributed by atoms with van der Waals surface area (Å²) in [6.45, 7) is 1.21. The fourth-order valence-electron chi connectivity index (χ4n) is 0.402. The van der Waals surface area contributed by atoms with E-state index in [1.807, 2.05) is 0 Å². The molecule has 0 aromatic rings. The Kier molecular flexibility index (Phi) is 3.25. The van der Waals surface area contributed by atoms with Crippen molar-refractivity contribution in [2.75, 3.05) is 0 Å². The molecule has 0 saturated heterocycles. The molecule has 0 spiro atoms. The molecule has 64 valence electrons. The van der Waals surface area contributed by atoms with Gasteiger partial charge in [0.1, 0.15) is 12.1 Å². The third-order valence-corrected chi connectivity index (χ3v) is 1.04. The number of hydrogen-bond acceptors (Lipinski definition) is 5. The third kappa shape index (κ3) is 3.36. The van der Waals surface area contributed by atoms with E-state index >= 15 is 0 Å². The molecule has 0 aromatic carbocycles. The van der Waals surface area contributed by atoms with Crippen molar-refractivity contribution in [3.8, 4) is 0 Å². The zero-order valence-corrected chi connectivity index (χ0v) is 5.76. The first-order chi connectivity index (χ1) is 4.95. The number of rotatable bonds is 4. The minimum Gasteiger partial charge on any atom is -0.480 e. The van der Waals surface area contributed by atoms with E-state index in [1.165, 1.54) is 6.92 Å². The van der Waals surface area contributed by atoms with E-state index in [0.717, 1.165) is 0 Å². The highest BCUT2D eigenvalue weighted by atomic mass is 17.0. The summed E-state index contributed by atoms with van der Waals surface area (Å²) in [7, 11) is 0. The Labute approximate surface area is 61.9 Å². The molecule has 7 nitrogen and oxygen atoms in total. The normalized spacial score (nSPS) is 15.1. The second-order valence-corrected chi connectivity index (χ2v) is 1.90. The lowest BCUT2D eigenvalue weighted by Gasteiger charge is -2.12. The highest BCUT2D eigenvalue weighted by Gasteiger charge is 2.22. The first kappa shape index (κ1) is 9.63. The number of aliphatic carboxylic acids is 1. The summed E-state index contributed by atoms with van der Waals surface area (Å²) in [5.74, 6) is -1.33. The molecule has 0 aromatic heterocycles. The second-order valence-electron chi connectivity index (χ2n) is 1.90. The number of hydrogen-bond donors (Lipinski definition) is 2. The van der Waals surface area contributed by atoms with Gasteiger partial charge in [-0.25, -0.2) is 0 Å². The topological polar surface area (TPSA) is 116 Å². The molecule has 11 heavy (non-hydrogen) atoms. The molecule has 0 radical (unpaired) electrons. The molecule has 0 heterocycles. The van der Waals surface area contributed by atoms with Gasteiger partial charge in [0.15, 0.2) is 0 Å². The fraction of sp³-hybridized carbons (Fsp3) is 0.750. The lowest BCUT2D eigenvalue weighted by Crippen LogP contribution is -2.42. The van der Waals surface area contributed by atoms with Crippen molar-refractivity contribution in [3.05, 3.63) is 10.1 Å². The van der Waals surface area contributed by atoms with Crippen LogP contribution >= 0.6 is 0 Å². The Bertz CT molecular complexity index is 170. The smallest absolute Gasteiger partial charge is 0.322 e. The van der Waals surface area contributed by atoms with Gasteiger partial charge < -0.3 is 15.7 Å². The Morgan fingerprint density at radius 2 is 2.27 bits per heavy atom. The van der Waals surface area contributed by atoms with Gasteiger partial charge in [-0.05, 0) is 6.92 Å². The van der Waals surface area contributed by atoms with E-state index in [4.69, 9.17) is 10.8 Å². The second kappa shape index (κ2) is 3.71. The summed E-state index contributed by atoms with van der Waals surface area (Å²) in [6, 6.07) is -1.37. The van der Waals surface area contributed by atoms with Gasteiger partial charge in [0.2, 0.25) is 0 Å². The van der Waals surface area contributed by atoms with Crippen LogP contribution in [0.25, 0.3) is 0 Å². The predicted octanol–water partition coefficient (Wildman–Crippen LogP) is -1.00. The van der Waals surface area contributed by atoms with Gasteiger partial charge in [0, 0.05) is 0 Å². The van der Waals surface area contributed by atoms with Gasteiger partial charge in [-0.1, -0.05) is 0 Å². The van der Waals surface area contributed by atoms with Crippen molar-refractivity contribution in [2.45, 2.75) is 19.1 Å². The first-order valence-corrected chi connectivity index (χ1v) is 2.74. The monoisotopic (exact) mass is 164 g/mol. The quantitative estimate of drug-likeness (QED) is 0.406. The highest BCUT2D eigenvalue weighted by molar-refractivity contribution is 5.73. The molecule has 0 rings (SSSR count). The molecule has 0 aliphatic rings.